The van der Waals surface area contributed by atoms with Crippen LogP contribution in [0.1, 0.15) is 25.3 Å². The van der Waals surface area contributed by atoms with Gasteiger partial charge in [0.05, 0.1) is 4.90 Å². The quantitative estimate of drug-likeness (QED) is 0.885. The number of hydrogen-bond donors (Lipinski definition) is 1. The van der Waals surface area contributed by atoms with Gasteiger partial charge in [0, 0.05) is 32.2 Å². The summed E-state index contributed by atoms with van der Waals surface area (Å²) >= 11 is 0. The topological polar surface area (TPSA) is 69.7 Å². The lowest BCUT2D eigenvalue weighted by Crippen LogP contribution is -2.42. The minimum Gasteiger partial charge on any atom is -0.319 e. The lowest BCUT2D eigenvalue weighted by molar-refractivity contribution is -0.116. The molecule has 2 aliphatic rings. The van der Waals surface area contributed by atoms with Crippen LogP contribution in [0.5, 0.6) is 0 Å². The molecule has 7 heteroatoms. The highest BCUT2D eigenvalue weighted by atomic mass is 32.2. The fourth-order valence-electron chi connectivity index (χ4n) is 3.70. The number of carbonyl (C=O) groups is 1. The van der Waals surface area contributed by atoms with Gasteiger partial charge >= 0.3 is 0 Å². The van der Waals surface area contributed by atoms with Gasteiger partial charge in [0.15, 0.2) is 0 Å². The number of anilines is 1. The van der Waals surface area contributed by atoms with E-state index in [9.17, 15) is 13.2 Å². The second-order valence-electron chi connectivity index (χ2n) is 6.64. The summed E-state index contributed by atoms with van der Waals surface area (Å²) < 4.78 is 27.6. The van der Waals surface area contributed by atoms with Crippen molar-refractivity contribution in [2.45, 2.75) is 31.1 Å². The van der Waals surface area contributed by atoms with Crippen molar-refractivity contribution in [2.24, 2.45) is 5.92 Å². The first-order valence-corrected chi connectivity index (χ1v) is 9.93. The normalized spacial score (nSPS) is 21.8. The highest BCUT2D eigenvalue weighted by Crippen LogP contribution is 2.32. The second-order valence-corrected chi connectivity index (χ2v) is 8.58. The molecule has 0 aromatic heterocycles. The van der Waals surface area contributed by atoms with Gasteiger partial charge in [-0.05, 0) is 56.5 Å². The molecule has 6 nitrogen and oxygen atoms in total. The Morgan fingerprint density at radius 3 is 2.83 bits per heavy atom. The van der Waals surface area contributed by atoms with Crippen molar-refractivity contribution >= 4 is 21.6 Å². The highest BCUT2D eigenvalue weighted by Gasteiger charge is 2.32. The van der Waals surface area contributed by atoms with E-state index in [2.05, 4.69) is 5.32 Å². The Bertz CT molecular complexity index is 731. The molecule has 132 valence electrons. The molecule has 0 aliphatic carbocycles. The van der Waals surface area contributed by atoms with Crippen LogP contribution < -0.4 is 10.2 Å². The summed E-state index contributed by atoms with van der Waals surface area (Å²) in [6, 6.07) is 5.19. The molecule has 1 amide bonds. The fourth-order valence-corrected chi connectivity index (χ4v) is 5.27. The zero-order chi connectivity index (χ0) is 17.3. The van der Waals surface area contributed by atoms with Gasteiger partial charge < -0.3 is 10.2 Å². The van der Waals surface area contributed by atoms with E-state index >= 15 is 0 Å². The van der Waals surface area contributed by atoms with Crippen molar-refractivity contribution in [2.75, 3.05) is 38.1 Å². The summed E-state index contributed by atoms with van der Waals surface area (Å²) in [5, 5.41) is 3.14. The summed E-state index contributed by atoms with van der Waals surface area (Å²) in [7, 11) is -1.62. The van der Waals surface area contributed by atoms with Crippen LogP contribution in [0.3, 0.4) is 0 Å². The maximum Gasteiger partial charge on any atom is 0.243 e. The van der Waals surface area contributed by atoms with Crippen molar-refractivity contribution < 1.29 is 13.2 Å². The first-order valence-electron chi connectivity index (χ1n) is 8.49. The zero-order valence-electron chi connectivity index (χ0n) is 14.3. The van der Waals surface area contributed by atoms with Crippen molar-refractivity contribution in [1.82, 2.24) is 9.62 Å². The summed E-state index contributed by atoms with van der Waals surface area (Å²) in [5.41, 5.74) is 1.78. The first kappa shape index (κ1) is 17.4. The predicted molar refractivity (Wildman–Crippen MR) is 93.6 cm³/mol. The van der Waals surface area contributed by atoms with Crippen LogP contribution in [-0.4, -0.2) is 51.9 Å². The first-order chi connectivity index (χ1) is 11.4. The molecule has 1 fully saturated rings. The van der Waals surface area contributed by atoms with Crippen LogP contribution >= 0.6 is 0 Å². The molecule has 24 heavy (non-hydrogen) atoms. The molecule has 0 unspecified atom stereocenters. The number of carbonyl (C=O) groups excluding carboxylic acids is 1. The van der Waals surface area contributed by atoms with Gasteiger partial charge in [0.2, 0.25) is 15.9 Å². The Kier molecular flexibility index (Phi) is 4.94. The number of amides is 1. The van der Waals surface area contributed by atoms with E-state index in [0.717, 1.165) is 37.1 Å². The third kappa shape index (κ3) is 3.20. The molecule has 1 aromatic rings. The van der Waals surface area contributed by atoms with Crippen molar-refractivity contribution in [3.63, 3.8) is 0 Å². The fraction of sp³-hybridized carbons (Fsp3) is 0.588. The largest absolute Gasteiger partial charge is 0.319 e. The highest BCUT2D eigenvalue weighted by molar-refractivity contribution is 7.89. The van der Waals surface area contributed by atoms with Crippen LogP contribution in [0.2, 0.25) is 0 Å². The summed E-state index contributed by atoms with van der Waals surface area (Å²) in [4.78, 5) is 13.7. The number of piperidine rings is 1. The van der Waals surface area contributed by atoms with Crippen molar-refractivity contribution in [1.29, 1.82) is 0 Å². The van der Waals surface area contributed by atoms with E-state index in [4.69, 9.17) is 0 Å². The molecule has 0 saturated carbocycles. The average Bonchev–Trinajstić information content (AvgIpc) is 2.98. The Labute approximate surface area is 143 Å². The third-order valence-electron chi connectivity index (χ3n) is 4.94. The molecular formula is C17H25N3O3S. The molecule has 0 bridgehead atoms. The molecule has 2 heterocycles. The number of nitrogens with one attached hydrogen (secondary N) is 1. The average molecular weight is 351 g/mol. The summed E-state index contributed by atoms with van der Waals surface area (Å²) in [5.74, 6) is 0.303. The number of sulfonamides is 1. The van der Waals surface area contributed by atoms with Gasteiger partial charge in [-0.1, -0.05) is 6.07 Å². The molecular weight excluding hydrogens is 326 g/mol. The molecule has 1 N–H and O–H groups in total. The second kappa shape index (κ2) is 6.82. The molecule has 0 radical (unpaired) electrons. The van der Waals surface area contributed by atoms with E-state index in [1.807, 2.05) is 13.1 Å². The number of hydrogen-bond acceptors (Lipinski definition) is 4. The summed E-state index contributed by atoms with van der Waals surface area (Å²) in [6.45, 7) is 4.09. The number of benzene rings is 1. The van der Waals surface area contributed by atoms with Crippen LogP contribution in [0, 0.1) is 5.92 Å². The predicted octanol–water partition coefficient (Wildman–Crippen LogP) is 1.22. The molecule has 2 aliphatic heterocycles. The maximum absolute atomic E-state index is 13.0. The van der Waals surface area contributed by atoms with E-state index in [1.54, 1.807) is 21.3 Å². The maximum atomic E-state index is 13.0. The summed E-state index contributed by atoms with van der Waals surface area (Å²) in [6.07, 6.45) is 2.72. The van der Waals surface area contributed by atoms with Crippen molar-refractivity contribution in [3.8, 4) is 0 Å². The van der Waals surface area contributed by atoms with Gasteiger partial charge in [-0.25, -0.2) is 8.42 Å². The van der Waals surface area contributed by atoms with Crippen LogP contribution in [0.4, 0.5) is 5.69 Å². The molecule has 1 atom stereocenters. The lowest BCUT2D eigenvalue weighted by Gasteiger charge is -2.32. The molecule has 1 saturated heterocycles. The standard InChI is InChI=1S/C17H25N3O3S/c1-13(21)20-9-7-15-5-6-16(10-17(15)20)24(22,23)19-8-3-4-14(12-19)11-18-2/h5-6,10,14,18H,3-4,7-9,11-12H2,1-2H3/t14-/m1/s1. The Hall–Kier alpha value is -1.44. The van der Waals surface area contributed by atoms with E-state index < -0.39 is 10.0 Å². The zero-order valence-corrected chi connectivity index (χ0v) is 15.1. The Morgan fingerprint density at radius 1 is 1.33 bits per heavy atom. The van der Waals surface area contributed by atoms with Crippen LogP contribution in [0.15, 0.2) is 23.1 Å². The number of nitrogens with zero attached hydrogens (tertiary/aromatic N) is 2. The lowest BCUT2D eigenvalue weighted by atomic mass is 10.00. The van der Waals surface area contributed by atoms with Gasteiger partial charge in [-0.3, -0.25) is 4.79 Å². The smallest absolute Gasteiger partial charge is 0.243 e. The molecule has 3 rings (SSSR count). The van der Waals surface area contributed by atoms with Gasteiger partial charge in [0.25, 0.3) is 0 Å². The minimum atomic E-state index is -3.52. The monoisotopic (exact) mass is 351 g/mol. The Morgan fingerprint density at radius 2 is 2.12 bits per heavy atom. The van der Waals surface area contributed by atoms with Crippen LogP contribution in [-0.2, 0) is 21.2 Å². The third-order valence-corrected chi connectivity index (χ3v) is 6.81. The SMILES string of the molecule is CNC[C@H]1CCCN(S(=O)(=O)c2ccc3c(c2)N(C(C)=O)CC3)C1. The molecule has 1 aromatic carbocycles. The Balaban J connectivity index is 1.88. The van der Waals surface area contributed by atoms with Crippen LogP contribution in [0.25, 0.3) is 0 Å². The van der Waals surface area contributed by atoms with Gasteiger partial charge in [0.1, 0.15) is 0 Å². The number of fused-ring (bicyclic) bond motifs is 1. The number of rotatable bonds is 4. The van der Waals surface area contributed by atoms with E-state index in [-0.39, 0.29) is 5.91 Å². The van der Waals surface area contributed by atoms with E-state index in [0.29, 0.717) is 30.4 Å². The van der Waals surface area contributed by atoms with E-state index in [1.165, 1.54) is 6.92 Å². The van der Waals surface area contributed by atoms with Gasteiger partial charge in [-0.15, -0.1) is 0 Å². The van der Waals surface area contributed by atoms with Crippen molar-refractivity contribution in [3.05, 3.63) is 23.8 Å². The minimum absolute atomic E-state index is 0.0460. The van der Waals surface area contributed by atoms with Gasteiger partial charge in [-0.2, -0.15) is 4.31 Å². The molecule has 0 spiro atoms.